The first kappa shape index (κ1) is 29.0. The molecule has 0 bridgehead atoms. The van der Waals surface area contributed by atoms with E-state index >= 15 is 0 Å². The first-order valence-corrected chi connectivity index (χ1v) is 13.9. The summed E-state index contributed by atoms with van der Waals surface area (Å²) in [5.74, 6) is 1.36. The highest BCUT2D eigenvalue weighted by molar-refractivity contribution is 5.90. The molecule has 3 aliphatic rings. The molecular weight excluding hydrogens is 504 g/mol. The van der Waals surface area contributed by atoms with Gasteiger partial charge in [-0.05, 0) is 77.4 Å². The molecule has 3 atom stereocenters. The molecule has 4 rings (SSSR count). The van der Waals surface area contributed by atoms with Gasteiger partial charge in [0.05, 0.1) is 22.4 Å². The highest BCUT2D eigenvalue weighted by atomic mass is 16.7. The van der Waals surface area contributed by atoms with Crippen LogP contribution in [0.4, 0.5) is 10.5 Å². The molecule has 0 aromatic heterocycles. The molecule has 214 valence electrons. The molecule has 0 radical (unpaired) electrons. The van der Waals surface area contributed by atoms with Crippen molar-refractivity contribution in [3.05, 3.63) is 51.3 Å². The van der Waals surface area contributed by atoms with Gasteiger partial charge in [-0.15, -0.1) is 0 Å². The second-order valence-electron chi connectivity index (χ2n) is 11.5. The lowest BCUT2D eigenvalue weighted by Gasteiger charge is -2.41. The molecule has 2 aliphatic carbocycles. The zero-order valence-corrected chi connectivity index (χ0v) is 23.4. The van der Waals surface area contributed by atoms with Crippen LogP contribution in [-0.2, 0) is 30.4 Å². The number of para-hydroxylation sites is 1. The minimum Gasteiger partial charge on any atom is -0.469 e. The van der Waals surface area contributed by atoms with Crippen LogP contribution in [0.3, 0.4) is 0 Å². The summed E-state index contributed by atoms with van der Waals surface area (Å²) in [6.07, 6.45) is 4.77. The largest absolute Gasteiger partial charge is 0.469 e. The third kappa shape index (κ3) is 6.44. The number of ketones is 1. The number of fused-ring (bicyclic) bond motifs is 2. The zero-order valence-electron chi connectivity index (χ0n) is 23.4. The molecule has 1 aliphatic heterocycles. The van der Waals surface area contributed by atoms with Gasteiger partial charge in [-0.1, -0.05) is 12.1 Å². The van der Waals surface area contributed by atoms with E-state index in [2.05, 4.69) is 0 Å². The van der Waals surface area contributed by atoms with Crippen molar-refractivity contribution in [2.24, 2.45) is 11.3 Å². The summed E-state index contributed by atoms with van der Waals surface area (Å²) >= 11 is 0. The number of nitro groups is 1. The molecule has 1 aromatic carbocycles. The first-order chi connectivity index (χ1) is 18.5. The Labute approximate surface area is 229 Å². The normalized spacial score (nSPS) is 24.6. The molecule has 0 saturated heterocycles. The monoisotopic (exact) mass is 544 g/mol. The van der Waals surface area contributed by atoms with Crippen molar-refractivity contribution in [1.82, 2.24) is 5.06 Å². The Kier molecular flexibility index (Phi) is 8.96. The third-order valence-electron chi connectivity index (χ3n) is 7.81. The van der Waals surface area contributed by atoms with E-state index in [0.717, 1.165) is 48.5 Å². The molecule has 39 heavy (non-hydrogen) atoms. The third-order valence-corrected chi connectivity index (χ3v) is 7.81. The minimum atomic E-state index is -0.748. The van der Waals surface area contributed by atoms with Gasteiger partial charge in [0.2, 0.25) is 0 Å². The number of nitrogens with zero attached hydrogens (tertiary/aromatic N) is 2. The number of amides is 1. The van der Waals surface area contributed by atoms with Gasteiger partial charge in [0, 0.05) is 31.9 Å². The molecule has 10 nitrogen and oxygen atoms in total. The SMILES string of the molecule is CCOC1CCC2=C(C[C@@H]3CCCC(=O)[C@]23CCCN(OCc2ccccc2[N+](=O)[O-])C(=O)OC(C)(C)C)O1. The molecular formula is C29H40N2O8. The topological polar surface area (TPSA) is 117 Å². The lowest BCUT2D eigenvalue weighted by molar-refractivity contribution is -0.386. The van der Waals surface area contributed by atoms with Crippen LogP contribution < -0.4 is 0 Å². The van der Waals surface area contributed by atoms with E-state index in [4.69, 9.17) is 19.0 Å². The molecule has 10 heteroatoms. The van der Waals surface area contributed by atoms with E-state index in [0.29, 0.717) is 31.4 Å². The quantitative estimate of drug-likeness (QED) is 0.251. The van der Waals surface area contributed by atoms with E-state index in [9.17, 15) is 19.7 Å². The highest BCUT2D eigenvalue weighted by Gasteiger charge is 2.55. The minimum absolute atomic E-state index is 0.0794. The summed E-state index contributed by atoms with van der Waals surface area (Å²) in [7, 11) is 0. The van der Waals surface area contributed by atoms with E-state index in [-0.39, 0.29) is 36.8 Å². The van der Waals surface area contributed by atoms with Gasteiger partial charge < -0.3 is 14.2 Å². The number of hydrogen-bond acceptors (Lipinski definition) is 8. The van der Waals surface area contributed by atoms with E-state index < -0.39 is 22.0 Å². The number of carbonyl (C=O) groups is 2. The number of ether oxygens (including phenoxy) is 3. The van der Waals surface area contributed by atoms with Gasteiger partial charge in [-0.25, -0.2) is 4.79 Å². The van der Waals surface area contributed by atoms with Crippen LogP contribution in [0.2, 0.25) is 0 Å². The number of hydrogen-bond donors (Lipinski definition) is 0. The molecule has 0 spiro atoms. The predicted octanol–water partition coefficient (Wildman–Crippen LogP) is 6.23. The Morgan fingerprint density at radius 3 is 2.72 bits per heavy atom. The van der Waals surface area contributed by atoms with Crippen molar-refractivity contribution in [2.45, 2.75) is 97.6 Å². The Morgan fingerprint density at radius 2 is 2.00 bits per heavy atom. The van der Waals surface area contributed by atoms with Crippen LogP contribution in [0.25, 0.3) is 0 Å². The van der Waals surface area contributed by atoms with Crippen LogP contribution >= 0.6 is 0 Å². The fourth-order valence-corrected chi connectivity index (χ4v) is 6.23. The van der Waals surface area contributed by atoms with Crippen LogP contribution in [0.15, 0.2) is 35.6 Å². The van der Waals surface area contributed by atoms with Gasteiger partial charge in [0.25, 0.3) is 5.69 Å². The van der Waals surface area contributed by atoms with E-state index in [1.165, 1.54) is 6.07 Å². The molecule has 1 unspecified atom stereocenters. The maximum absolute atomic E-state index is 13.5. The number of rotatable bonds is 10. The van der Waals surface area contributed by atoms with Crippen molar-refractivity contribution in [3.63, 3.8) is 0 Å². The number of Topliss-reactive ketones (excluding diaryl/α,β-unsaturated/α-hetero) is 1. The van der Waals surface area contributed by atoms with Crippen LogP contribution in [0.5, 0.6) is 0 Å². The summed E-state index contributed by atoms with van der Waals surface area (Å²) in [6, 6.07) is 6.27. The smallest absolute Gasteiger partial charge is 0.434 e. The standard InChI is InChI=1S/C29H40N2O8/c1-5-36-26-15-14-22-24(38-26)18-21-11-8-13-25(32)29(21,22)16-9-17-30(27(33)39-28(2,3)4)37-19-20-10-6-7-12-23(20)31(34)35/h6-7,10,12,21,26H,5,8-9,11,13-19H2,1-4H3/t21-,26?,29-/m0/s1. The van der Waals surface area contributed by atoms with Crippen molar-refractivity contribution in [2.75, 3.05) is 13.2 Å². The number of hydroxylamine groups is 2. The molecule has 1 aromatic rings. The molecule has 1 heterocycles. The molecule has 1 saturated carbocycles. The number of allylic oxidation sites excluding steroid dienone is 2. The second kappa shape index (κ2) is 12.0. The summed E-state index contributed by atoms with van der Waals surface area (Å²) in [6.45, 7) is 7.84. The van der Waals surface area contributed by atoms with Gasteiger partial charge in [0.15, 0.2) is 6.29 Å². The van der Waals surface area contributed by atoms with Crippen molar-refractivity contribution in [3.8, 4) is 0 Å². The van der Waals surface area contributed by atoms with E-state index in [1.54, 1.807) is 39.0 Å². The van der Waals surface area contributed by atoms with Gasteiger partial charge in [0.1, 0.15) is 23.8 Å². The zero-order chi connectivity index (χ0) is 28.2. The van der Waals surface area contributed by atoms with Crippen molar-refractivity contribution < 1.29 is 33.6 Å². The number of carbonyl (C=O) groups excluding carboxylic acids is 2. The Hall–Kier alpha value is -2.98. The summed E-state index contributed by atoms with van der Waals surface area (Å²) in [5, 5.41) is 12.6. The first-order valence-electron chi connectivity index (χ1n) is 13.9. The van der Waals surface area contributed by atoms with Crippen LogP contribution in [-0.4, -0.2) is 46.9 Å². The Balaban J connectivity index is 1.50. The number of nitro benzene ring substituents is 1. The lowest BCUT2D eigenvalue weighted by atomic mass is 9.61. The second-order valence-corrected chi connectivity index (χ2v) is 11.5. The lowest BCUT2D eigenvalue weighted by Crippen LogP contribution is -2.42. The van der Waals surface area contributed by atoms with Crippen LogP contribution in [0, 0.1) is 21.4 Å². The average molecular weight is 545 g/mol. The fourth-order valence-electron chi connectivity index (χ4n) is 6.23. The van der Waals surface area contributed by atoms with Gasteiger partial charge >= 0.3 is 6.09 Å². The highest BCUT2D eigenvalue weighted by Crippen LogP contribution is 2.59. The molecule has 1 amide bonds. The van der Waals surface area contributed by atoms with Crippen LogP contribution in [0.1, 0.15) is 84.6 Å². The van der Waals surface area contributed by atoms with Gasteiger partial charge in [-0.3, -0.25) is 19.7 Å². The Morgan fingerprint density at radius 1 is 1.23 bits per heavy atom. The van der Waals surface area contributed by atoms with E-state index in [1.807, 2.05) is 6.92 Å². The van der Waals surface area contributed by atoms with Crippen molar-refractivity contribution in [1.29, 1.82) is 0 Å². The summed E-state index contributed by atoms with van der Waals surface area (Å²) in [5.41, 5.74) is 0.0539. The summed E-state index contributed by atoms with van der Waals surface area (Å²) < 4.78 is 17.5. The molecule has 0 N–H and O–H groups in total. The van der Waals surface area contributed by atoms with Crippen molar-refractivity contribution >= 4 is 17.6 Å². The maximum Gasteiger partial charge on any atom is 0.434 e. The number of benzene rings is 1. The Bertz CT molecular complexity index is 1110. The van der Waals surface area contributed by atoms with Gasteiger partial charge in [-0.2, -0.15) is 5.06 Å². The maximum atomic E-state index is 13.5. The molecule has 1 fully saturated rings. The fraction of sp³-hybridized carbons (Fsp3) is 0.655. The average Bonchev–Trinajstić information content (AvgIpc) is 3.20. The summed E-state index contributed by atoms with van der Waals surface area (Å²) in [4.78, 5) is 43.4. The predicted molar refractivity (Wildman–Crippen MR) is 142 cm³/mol.